The van der Waals surface area contributed by atoms with Gasteiger partial charge >= 0.3 is 5.97 Å². The fraction of sp³-hybridized carbons (Fsp3) is 0.0952. The highest BCUT2D eigenvalue weighted by molar-refractivity contribution is 7.12. The summed E-state index contributed by atoms with van der Waals surface area (Å²) in [5, 5.41) is 7.26. The maximum absolute atomic E-state index is 12.3. The fourth-order valence-corrected chi connectivity index (χ4v) is 3.18. The smallest absolute Gasteiger partial charge is 0.325 e. The van der Waals surface area contributed by atoms with Crippen LogP contribution >= 0.6 is 22.9 Å². The third kappa shape index (κ3) is 5.91. The van der Waals surface area contributed by atoms with E-state index in [-0.39, 0.29) is 24.6 Å². The Hall–Kier alpha value is -3.16. The number of esters is 1. The Kier molecular flexibility index (Phi) is 6.99. The molecule has 0 unspecified atom stereocenters. The van der Waals surface area contributed by atoms with Crippen LogP contribution in [0.25, 0.3) is 0 Å². The molecule has 6 nitrogen and oxygen atoms in total. The summed E-state index contributed by atoms with van der Waals surface area (Å²) < 4.78 is 5.12. The molecule has 3 aromatic rings. The van der Waals surface area contributed by atoms with Crippen LogP contribution in [0, 0.1) is 0 Å². The molecular formula is C21H17ClN2O4S. The van der Waals surface area contributed by atoms with Gasteiger partial charge in [0, 0.05) is 5.56 Å². The van der Waals surface area contributed by atoms with Crippen molar-refractivity contribution in [1.29, 1.82) is 0 Å². The summed E-state index contributed by atoms with van der Waals surface area (Å²) in [5.74, 6) is -1.35. The number of hydrogen-bond donors (Lipinski definition) is 2. The SMILES string of the molecule is O=C(CNC(=O)c1ccc(Cl)c(NC(=O)c2cccs2)c1)OCc1ccccc1. The first-order chi connectivity index (χ1) is 14.0. The van der Waals surface area contributed by atoms with E-state index in [2.05, 4.69) is 10.6 Å². The van der Waals surface area contributed by atoms with E-state index in [1.54, 1.807) is 17.5 Å². The van der Waals surface area contributed by atoms with Gasteiger partial charge in [0.1, 0.15) is 13.2 Å². The number of anilines is 1. The first-order valence-corrected chi connectivity index (χ1v) is 9.91. The van der Waals surface area contributed by atoms with Gasteiger partial charge in [0.2, 0.25) is 0 Å². The van der Waals surface area contributed by atoms with Crippen molar-refractivity contribution in [2.45, 2.75) is 6.61 Å². The Bertz CT molecular complexity index is 1010. The first-order valence-electron chi connectivity index (χ1n) is 8.65. The van der Waals surface area contributed by atoms with Gasteiger partial charge in [-0.05, 0) is 35.2 Å². The van der Waals surface area contributed by atoms with Crippen LogP contribution in [0.3, 0.4) is 0 Å². The molecule has 2 amide bonds. The second-order valence-electron chi connectivity index (χ2n) is 5.96. The topological polar surface area (TPSA) is 84.5 Å². The number of hydrogen-bond acceptors (Lipinski definition) is 5. The Morgan fingerprint density at radius 1 is 0.966 bits per heavy atom. The highest BCUT2D eigenvalue weighted by atomic mass is 35.5. The van der Waals surface area contributed by atoms with E-state index >= 15 is 0 Å². The quantitative estimate of drug-likeness (QED) is 0.554. The zero-order valence-corrected chi connectivity index (χ0v) is 16.8. The van der Waals surface area contributed by atoms with Gasteiger partial charge in [0.15, 0.2) is 0 Å². The largest absolute Gasteiger partial charge is 0.460 e. The molecule has 0 saturated heterocycles. The van der Waals surface area contributed by atoms with Crippen LogP contribution in [0.4, 0.5) is 5.69 Å². The summed E-state index contributed by atoms with van der Waals surface area (Å²) in [6.45, 7) is -0.138. The van der Waals surface area contributed by atoms with E-state index in [1.165, 1.54) is 29.5 Å². The van der Waals surface area contributed by atoms with Crippen LogP contribution in [0.1, 0.15) is 25.6 Å². The van der Waals surface area contributed by atoms with Crippen LogP contribution in [0.2, 0.25) is 5.02 Å². The average molecular weight is 429 g/mol. The second kappa shape index (κ2) is 9.86. The number of ether oxygens (including phenoxy) is 1. The van der Waals surface area contributed by atoms with Crippen molar-refractivity contribution in [2.24, 2.45) is 0 Å². The lowest BCUT2D eigenvalue weighted by Gasteiger charge is -2.10. The maximum atomic E-state index is 12.3. The molecule has 0 spiro atoms. The fourth-order valence-electron chi connectivity index (χ4n) is 2.40. The molecule has 0 bridgehead atoms. The first kappa shape index (κ1) is 20.6. The lowest BCUT2D eigenvalue weighted by atomic mass is 10.2. The molecule has 0 fully saturated rings. The lowest BCUT2D eigenvalue weighted by Crippen LogP contribution is -2.30. The van der Waals surface area contributed by atoms with Crippen LogP contribution in [0.15, 0.2) is 66.0 Å². The second-order valence-corrected chi connectivity index (χ2v) is 7.31. The molecule has 0 radical (unpaired) electrons. The number of nitrogens with one attached hydrogen (secondary N) is 2. The Balaban J connectivity index is 1.55. The molecule has 0 aliphatic heterocycles. The molecule has 29 heavy (non-hydrogen) atoms. The van der Waals surface area contributed by atoms with Crippen molar-refractivity contribution in [3.05, 3.63) is 87.1 Å². The van der Waals surface area contributed by atoms with Crippen molar-refractivity contribution < 1.29 is 19.1 Å². The molecule has 2 N–H and O–H groups in total. The molecule has 1 aromatic heterocycles. The van der Waals surface area contributed by atoms with E-state index in [0.29, 0.717) is 15.6 Å². The normalized spacial score (nSPS) is 10.2. The highest BCUT2D eigenvalue weighted by Gasteiger charge is 2.14. The molecule has 2 aromatic carbocycles. The van der Waals surface area contributed by atoms with Crippen molar-refractivity contribution in [3.63, 3.8) is 0 Å². The minimum absolute atomic E-state index is 0.134. The number of benzene rings is 2. The maximum Gasteiger partial charge on any atom is 0.325 e. The van der Waals surface area contributed by atoms with E-state index in [1.807, 2.05) is 30.3 Å². The van der Waals surface area contributed by atoms with Gasteiger partial charge in [-0.3, -0.25) is 14.4 Å². The van der Waals surface area contributed by atoms with Crippen LogP contribution in [-0.4, -0.2) is 24.3 Å². The molecule has 0 saturated carbocycles. The molecule has 0 aliphatic carbocycles. The van der Waals surface area contributed by atoms with Gasteiger partial charge in [0.05, 0.1) is 15.6 Å². The number of halogens is 1. The van der Waals surface area contributed by atoms with Gasteiger partial charge in [-0.2, -0.15) is 0 Å². The Morgan fingerprint density at radius 3 is 2.48 bits per heavy atom. The molecule has 1 heterocycles. The van der Waals surface area contributed by atoms with Crippen LogP contribution in [-0.2, 0) is 16.1 Å². The number of carbonyl (C=O) groups is 3. The van der Waals surface area contributed by atoms with Crippen molar-refractivity contribution in [2.75, 3.05) is 11.9 Å². The van der Waals surface area contributed by atoms with Gasteiger partial charge in [-0.15, -0.1) is 11.3 Å². The molecule has 8 heteroatoms. The lowest BCUT2D eigenvalue weighted by molar-refractivity contribution is -0.143. The summed E-state index contributed by atoms with van der Waals surface area (Å²) >= 11 is 7.41. The Labute approximate surface area is 176 Å². The van der Waals surface area contributed by atoms with Gasteiger partial charge < -0.3 is 15.4 Å². The summed E-state index contributed by atoms with van der Waals surface area (Å²) in [6, 6.07) is 17.2. The predicted molar refractivity (Wildman–Crippen MR) is 112 cm³/mol. The molecule has 3 rings (SSSR count). The summed E-state index contributed by atoms with van der Waals surface area (Å²) in [7, 11) is 0. The standard InChI is InChI=1S/C21H17ClN2O4S/c22-16-9-8-15(11-17(16)24-21(27)18-7-4-10-29-18)20(26)23-12-19(25)28-13-14-5-2-1-3-6-14/h1-11H,12-13H2,(H,23,26)(H,24,27). The number of rotatable bonds is 7. The molecular weight excluding hydrogens is 412 g/mol. The minimum Gasteiger partial charge on any atom is -0.460 e. The number of thiophene rings is 1. The molecule has 0 atom stereocenters. The third-order valence-electron chi connectivity index (χ3n) is 3.86. The van der Waals surface area contributed by atoms with Crippen LogP contribution < -0.4 is 10.6 Å². The zero-order chi connectivity index (χ0) is 20.6. The third-order valence-corrected chi connectivity index (χ3v) is 5.06. The van der Waals surface area contributed by atoms with Crippen molar-refractivity contribution >= 4 is 46.4 Å². The van der Waals surface area contributed by atoms with Crippen LogP contribution in [0.5, 0.6) is 0 Å². The Morgan fingerprint density at radius 2 is 1.76 bits per heavy atom. The average Bonchev–Trinajstić information content (AvgIpc) is 3.28. The summed E-state index contributed by atoms with van der Waals surface area (Å²) in [6.07, 6.45) is 0. The van der Waals surface area contributed by atoms with Crippen molar-refractivity contribution in [3.8, 4) is 0 Å². The summed E-state index contributed by atoms with van der Waals surface area (Å²) in [4.78, 5) is 36.9. The number of carbonyl (C=O) groups excluding carboxylic acids is 3. The van der Waals surface area contributed by atoms with Crippen molar-refractivity contribution in [1.82, 2.24) is 5.32 Å². The predicted octanol–water partition coefficient (Wildman–Crippen LogP) is 4.13. The summed E-state index contributed by atoms with van der Waals surface area (Å²) in [5.41, 5.74) is 1.42. The zero-order valence-electron chi connectivity index (χ0n) is 15.2. The molecule has 148 valence electrons. The number of amides is 2. The van der Waals surface area contributed by atoms with E-state index in [4.69, 9.17) is 16.3 Å². The highest BCUT2D eigenvalue weighted by Crippen LogP contribution is 2.24. The minimum atomic E-state index is -0.553. The van der Waals surface area contributed by atoms with Gasteiger partial charge in [0.25, 0.3) is 11.8 Å². The monoisotopic (exact) mass is 428 g/mol. The van der Waals surface area contributed by atoms with Gasteiger partial charge in [-0.25, -0.2) is 0 Å². The molecule has 0 aliphatic rings. The van der Waals surface area contributed by atoms with E-state index in [9.17, 15) is 14.4 Å². The van der Waals surface area contributed by atoms with Gasteiger partial charge in [-0.1, -0.05) is 48.0 Å². The van der Waals surface area contributed by atoms with E-state index in [0.717, 1.165) is 5.56 Å². The van der Waals surface area contributed by atoms with E-state index < -0.39 is 11.9 Å².